The molecule has 81 heavy (non-hydrogen) atoms. The van der Waals surface area contributed by atoms with Crippen LogP contribution in [-0.2, 0) is 28.6 Å². The lowest BCUT2D eigenvalue weighted by molar-refractivity contribution is -0.167. The van der Waals surface area contributed by atoms with E-state index in [0.29, 0.717) is 12.8 Å². The fraction of sp³-hybridized carbons (Fsp3) is 0.640. The predicted octanol–water partition coefficient (Wildman–Crippen LogP) is 23.1. The standard InChI is InChI=1S/C75H122O6/c1-4-7-10-13-16-19-22-25-28-30-32-33-34-35-36-37-38-39-40-41-43-44-47-50-53-56-59-62-65-68-74(77)80-71-72(70-79-73(76)67-64-61-58-55-52-49-46-27-24-21-18-15-12-9-6-3)81-75(78)69-66-63-60-57-54-51-48-45-42-31-29-26-23-20-17-14-11-8-5-2/h7-8,10-11,16-17,19-20,25-29,32-33,35-36,38-39,42,45-46,51,54,72H,4-6,9,12-15,18,21-24,30-31,34,37,40-41,43-44,47-50,52-53,55-71H2,1-3H3/b10-7-,11-8-,19-16-,20-17-,28-25-,29-26-,33-32-,36-35-,39-38-,45-42-,46-27-,54-51-. The molecule has 0 heterocycles. The monoisotopic (exact) mass is 1120 g/mol. The Labute approximate surface area is 499 Å². The van der Waals surface area contributed by atoms with E-state index >= 15 is 0 Å². The summed E-state index contributed by atoms with van der Waals surface area (Å²) in [5.74, 6) is -0.943. The molecule has 0 aromatic carbocycles. The molecular formula is C75H122O6. The maximum absolute atomic E-state index is 12.9. The smallest absolute Gasteiger partial charge is 0.306 e. The number of carbonyl (C=O) groups is 3. The highest BCUT2D eigenvalue weighted by atomic mass is 16.6. The first-order chi connectivity index (χ1) is 40.0. The quantitative estimate of drug-likeness (QED) is 0.0261. The molecule has 0 rings (SSSR count). The summed E-state index contributed by atoms with van der Waals surface area (Å²) in [7, 11) is 0. The molecule has 0 spiro atoms. The molecule has 0 radical (unpaired) electrons. The minimum Gasteiger partial charge on any atom is -0.462 e. The number of allylic oxidation sites excluding steroid dienone is 24. The summed E-state index contributed by atoms with van der Waals surface area (Å²) in [6.45, 7) is 6.38. The van der Waals surface area contributed by atoms with E-state index in [2.05, 4.69) is 167 Å². The van der Waals surface area contributed by atoms with Gasteiger partial charge in [-0.25, -0.2) is 0 Å². The highest BCUT2D eigenvalue weighted by Gasteiger charge is 2.19. The van der Waals surface area contributed by atoms with Crippen LogP contribution >= 0.6 is 0 Å². The van der Waals surface area contributed by atoms with Gasteiger partial charge in [-0.3, -0.25) is 14.4 Å². The lowest BCUT2D eigenvalue weighted by Gasteiger charge is -2.18. The third-order valence-corrected chi connectivity index (χ3v) is 13.8. The Balaban J connectivity index is 4.40. The Kier molecular flexibility index (Phi) is 63.9. The van der Waals surface area contributed by atoms with Crippen LogP contribution < -0.4 is 0 Å². The van der Waals surface area contributed by atoms with Crippen LogP contribution in [0, 0.1) is 0 Å². The van der Waals surface area contributed by atoms with Gasteiger partial charge in [-0.2, -0.15) is 0 Å². The van der Waals surface area contributed by atoms with Crippen molar-refractivity contribution in [1.29, 1.82) is 0 Å². The van der Waals surface area contributed by atoms with E-state index in [1.807, 2.05) is 0 Å². The summed E-state index contributed by atoms with van der Waals surface area (Å²) in [5, 5.41) is 0. The molecule has 1 atom stereocenters. The molecule has 0 saturated heterocycles. The molecule has 6 heteroatoms. The van der Waals surface area contributed by atoms with Crippen LogP contribution in [0.5, 0.6) is 0 Å². The van der Waals surface area contributed by atoms with Gasteiger partial charge in [0.05, 0.1) is 0 Å². The van der Waals surface area contributed by atoms with Crippen LogP contribution in [0.2, 0.25) is 0 Å². The molecule has 0 N–H and O–H groups in total. The molecule has 0 aliphatic rings. The van der Waals surface area contributed by atoms with Crippen LogP contribution in [-0.4, -0.2) is 37.2 Å². The highest BCUT2D eigenvalue weighted by molar-refractivity contribution is 5.71. The van der Waals surface area contributed by atoms with Crippen molar-refractivity contribution in [3.63, 3.8) is 0 Å². The van der Waals surface area contributed by atoms with Crippen LogP contribution in [0.1, 0.15) is 290 Å². The van der Waals surface area contributed by atoms with Crippen LogP contribution in [0.15, 0.2) is 146 Å². The van der Waals surface area contributed by atoms with Crippen molar-refractivity contribution in [1.82, 2.24) is 0 Å². The maximum atomic E-state index is 12.9. The highest BCUT2D eigenvalue weighted by Crippen LogP contribution is 2.15. The number of ether oxygens (including phenoxy) is 3. The van der Waals surface area contributed by atoms with Crippen molar-refractivity contribution in [3.8, 4) is 0 Å². The Bertz CT molecular complexity index is 1760. The summed E-state index contributed by atoms with van der Waals surface area (Å²) in [6, 6.07) is 0. The SMILES string of the molecule is CC/C=C\C/C=C\C/C=C\C/C=C\C/C=C\C/C=C\CCCCCCCCCCCCC(=O)OCC(COC(=O)CCCCCCC/C=C\CCCCCCCC)OC(=O)CCCCC/C=C\C/C=C\C/C=C\C/C=C\C/C=C\CC. The topological polar surface area (TPSA) is 78.9 Å². The molecular weight excluding hydrogens is 997 g/mol. The van der Waals surface area contributed by atoms with Gasteiger partial charge < -0.3 is 14.2 Å². The molecule has 0 aromatic rings. The first-order valence-corrected chi connectivity index (χ1v) is 33.3. The molecule has 0 saturated carbocycles. The van der Waals surface area contributed by atoms with E-state index < -0.39 is 6.10 Å². The summed E-state index contributed by atoms with van der Waals surface area (Å²) in [5.41, 5.74) is 0. The van der Waals surface area contributed by atoms with Gasteiger partial charge in [0.25, 0.3) is 0 Å². The Morgan fingerprint density at radius 3 is 0.778 bits per heavy atom. The first kappa shape index (κ1) is 76.3. The Morgan fingerprint density at radius 1 is 0.259 bits per heavy atom. The van der Waals surface area contributed by atoms with Crippen LogP contribution in [0.25, 0.3) is 0 Å². The molecule has 0 aliphatic carbocycles. The predicted molar refractivity (Wildman–Crippen MR) is 352 cm³/mol. The summed E-state index contributed by atoms with van der Waals surface area (Å²) in [6.07, 6.45) is 97.1. The van der Waals surface area contributed by atoms with Gasteiger partial charge in [0.15, 0.2) is 6.10 Å². The third-order valence-electron chi connectivity index (χ3n) is 13.8. The van der Waals surface area contributed by atoms with Gasteiger partial charge in [0.1, 0.15) is 13.2 Å². The molecule has 458 valence electrons. The van der Waals surface area contributed by atoms with Crippen molar-refractivity contribution in [2.24, 2.45) is 0 Å². The number of carbonyl (C=O) groups excluding carboxylic acids is 3. The normalized spacial score (nSPS) is 13.1. The van der Waals surface area contributed by atoms with Crippen molar-refractivity contribution >= 4 is 17.9 Å². The minimum atomic E-state index is -0.808. The number of hydrogen-bond acceptors (Lipinski definition) is 6. The second-order valence-electron chi connectivity index (χ2n) is 21.6. The minimum absolute atomic E-state index is 0.100. The molecule has 0 fully saturated rings. The van der Waals surface area contributed by atoms with Gasteiger partial charge in [-0.15, -0.1) is 0 Å². The maximum Gasteiger partial charge on any atom is 0.306 e. The van der Waals surface area contributed by atoms with Crippen molar-refractivity contribution in [3.05, 3.63) is 146 Å². The van der Waals surface area contributed by atoms with Crippen LogP contribution in [0.3, 0.4) is 0 Å². The van der Waals surface area contributed by atoms with E-state index in [1.54, 1.807) is 0 Å². The zero-order chi connectivity index (χ0) is 58.5. The zero-order valence-corrected chi connectivity index (χ0v) is 52.5. The Morgan fingerprint density at radius 2 is 0.481 bits per heavy atom. The summed E-state index contributed by atoms with van der Waals surface area (Å²) in [4.78, 5) is 38.4. The van der Waals surface area contributed by atoms with Crippen molar-refractivity contribution in [2.45, 2.75) is 297 Å². The lowest BCUT2D eigenvalue weighted by Crippen LogP contribution is -2.30. The largest absolute Gasteiger partial charge is 0.462 e. The number of unbranched alkanes of at least 4 members (excludes halogenated alkanes) is 24. The van der Waals surface area contributed by atoms with Gasteiger partial charge in [-0.05, 0) is 141 Å². The fourth-order valence-corrected chi connectivity index (χ4v) is 8.88. The van der Waals surface area contributed by atoms with Crippen LogP contribution in [0.4, 0.5) is 0 Å². The van der Waals surface area contributed by atoms with E-state index in [1.165, 1.54) is 103 Å². The van der Waals surface area contributed by atoms with E-state index in [9.17, 15) is 14.4 Å². The van der Waals surface area contributed by atoms with Gasteiger partial charge in [0, 0.05) is 19.3 Å². The first-order valence-electron chi connectivity index (χ1n) is 33.3. The molecule has 0 aliphatic heterocycles. The van der Waals surface area contributed by atoms with E-state index in [0.717, 1.165) is 148 Å². The second-order valence-corrected chi connectivity index (χ2v) is 21.6. The summed E-state index contributed by atoms with van der Waals surface area (Å²) < 4.78 is 16.9. The van der Waals surface area contributed by atoms with Crippen molar-refractivity contribution in [2.75, 3.05) is 13.2 Å². The Hall–Kier alpha value is -4.71. The van der Waals surface area contributed by atoms with E-state index in [-0.39, 0.29) is 37.5 Å². The molecule has 1 unspecified atom stereocenters. The van der Waals surface area contributed by atoms with Crippen molar-refractivity contribution < 1.29 is 28.6 Å². The summed E-state index contributed by atoms with van der Waals surface area (Å²) >= 11 is 0. The zero-order valence-electron chi connectivity index (χ0n) is 52.5. The fourth-order valence-electron chi connectivity index (χ4n) is 8.88. The number of rotatable bonds is 59. The molecule has 0 aromatic heterocycles. The number of esters is 3. The van der Waals surface area contributed by atoms with Gasteiger partial charge in [0.2, 0.25) is 0 Å². The van der Waals surface area contributed by atoms with Gasteiger partial charge in [-0.1, -0.05) is 276 Å². The molecule has 0 bridgehead atoms. The average Bonchev–Trinajstić information content (AvgIpc) is 3.47. The molecule has 0 amide bonds. The van der Waals surface area contributed by atoms with E-state index in [4.69, 9.17) is 14.2 Å². The lowest BCUT2D eigenvalue weighted by atomic mass is 10.1. The number of hydrogen-bond donors (Lipinski definition) is 0. The third kappa shape index (κ3) is 66.0. The molecule has 6 nitrogen and oxygen atoms in total. The van der Waals surface area contributed by atoms with Gasteiger partial charge >= 0.3 is 17.9 Å². The second kappa shape index (κ2) is 67.8. The average molecular weight is 1120 g/mol.